The molecule has 0 saturated carbocycles. The van der Waals surface area contributed by atoms with E-state index in [9.17, 15) is 0 Å². The fourth-order valence-electron chi connectivity index (χ4n) is 0.985. The predicted octanol–water partition coefficient (Wildman–Crippen LogP) is 1.60. The highest BCUT2D eigenvalue weighted by atomic mass is 32.2. The summed E-state index contributed by atoms with van der Waals surface area (Å²) < 4.78 is 3.81. The van der Waals surface area contributed by atoms with E-state index in [1.165, 1.54) is 11.9 Å². The fourth-order valence-corrected chi connectivity index (χ4v) is 1.68. The molecule has 1 aliphatic carbocycles. The summed E-state index contributed by atoms with van der Waals surface area (Å²) in [5.41, 5.74) is 5.35. The maximum Gasteiger partial charge on any atom is 0.167 e. The van der Waals surface area contributed by atoms with E-state index in [1.54, 1.807) is 0 Å². The van der Waals surface area contributed by atoms with Crippen LogP contribution < -0.4 is 5.73 Å². The normalized spacial score (nSPS) is 35.9. The quantitative estimate of drug-likeness (QED) is 0.537. The van der Waals surface area contributed by atoms with Crippen LogP contribution in [0.1, 0.15) is 6.42 Å². The van der Waals surface area contributed by atoms with Gasteiger partial charge in [0.05, 0.1) is 4.91 Å². The molecule has 4 heteroatoms. The average molecular weight is 153 g/mol. The first-order valence-corrected chi connectivity index (χ1v) is 3.84. The molecule has 3 nitrogen and oxygen atoms in total. The second kappa shape index (κ2) is 1.93. The molecule has 52 valence electrons. The van der Waals surface area contributed by atoms with Gasteiger partial charge in [-0.2, -0.15) is 5.11 Å². The zero-order valence-electron chi connectivity index (χ0n) is 5.32. The van der Waals surface area contributed by atoms with Gasteiger partial charge in [-0.15, -0.1) is 4.52 Å². The van der Waals surface area contributed by atoms with Crippen molar-refractivity contribution in [1.29, 1.82) is 0 Å². The molecule has 0 bridgehead atoms. The van der Waals surface area contributed by atoms with Crippen molar-refractivity contribution in [3.63, 3.8) is 0 Å². The van der Waals surface area contributed by atoms with Gasteiger partial charge in [-0.1, -0.05) is 12.2 Å². The molecule has 1 unspecified atom stereocenters. The lowest BCUT2D eigenvalue weighted by Crippen LogP contribution is -2.36. The van der Waals surface area contributed by atoms with E-state index in [0.717, 1.165) is 11.3 Å². The standard InChI is InChI=1S/C6H7N3S/c7-6-4-2-1-3-5(6)10-9-8-6/h1-3H,4,7H2. The van der Waals surface area contributed by atoms with Gasteiger partial charge in [0.15, 0.2) is 5.66 Å². The fraction of sp³-hybridized carbons (Fsp3) is 0.333. The Morgan fingerprint density at radius 2 is 2.60 bits per heavy atom. The Bertz CT molecular complexity index is 243. The summed E-state index contributed by atoms with van der Waals surface area (Å²) in [5.74, 6) is 0. The molecule has 0 fully saturated rings. The first-order chi connectivity index (χ1) is 4.81. The first kappa shape index (κ1) is 6.12. The minimum atomic E-state index is -0.514. The molecular formula is C6H7N3S. The van der Waals surface area contributed by atoms with Crippen LogP contribution in [0.15, 0.2) is 32.8 Å². The smallest absolute Gasteiger partial charge is 0.167 e. The van der Waals surface area contributed by atoms with Gasteiger partial charge >= 0.3 is 0 Å². The molecule has 2 aliphatic rings. The molecular weight excluding hydrogens is 146 g/mol. The Hall–Kier alpha value is -0.610. The van der Waals surface area contributed by atoms with Crippen molar-refractivity contribution in [3.05, 3.63) is 23.1 Å². The van der Waals surface area contributed by atoms with Crippen LogP contribution in [0.25, 0.3) is 0 Å². The minimum Gasteiger partial charge on any atom is -0.301 e. The summed E-state index contributed by atoms with van der Waals surface area (Å²) in [6.07, 6.45) is 6.74. The molecule has 10 heavy (non-hydrogen) atoms. The number of rotatable bonds is 0. The molecule has 0 aromatic heterocycles. The highest BCUT2D eigenvalue weighted by molar-refractivity contribution is 8.02. The Labute approximate surface area is 63.2 Å². The zero-order valence-corrected chi connectivity index (χ0v) is 6.14. The van der Waals surface area contributed by atoms with E-state index in [1.807, 2.05) is 18.2 Å². The number of nitrogens with zero attached hydrogens (tertiary/aromatic N) is 2. The van der Waals surface area contributed by atoms with Gasteiger partial charge < -0.3 is 5.73 Å². The van der Waals surface area contributed by atoms with Crippen molar-refractivity contribution in [2.45, 2.75) is 12.1 Å². The third-order valence-electron chi connectivity index (χ3n) is 1.60. The number of hydrogen-bond donors (Lipinski definition) is 1. The lowest BCUT2D eigenvalue weighted by atomic mass is 10.0. The number of hydrogen-bond acceptors (Lipinski definition) is 4. The molecule has 0 saturated heterocycles. The molecule has 0 aromatic rings. The van der Waals surface area contributed by atoms with Gasteiger partial charge in [0.25, 0.3) is 0 Å². The van der Waals surface area contributed by atoms with Crippen molar-refractivity contribution >= 4 is 11.9 Å². The van der Waals surface area contributed by atoms with E-state index < -0.39 is 5.66 Å². The maximum absolute atomic E-state index is 5.86. The number of nitrogens with two attached hydrogens (primary N) is 1. The molecule has 0 spiro atoms. The largest absolute Gasteiger partial charge is 0.301 e. The Morgan fingerprint density at radius 1 is 1.70 bits per heavy atom. The summed E-state index contributed by atoms with van der Waals surface area (Å²) in [7, 11) is 0. The van der Waals surface area contributed by atoms with Gasteiger partial charge in [0.1, 0.15) is 0 Å². The highest BCUT2D eigenvalue weighted by Crippen LogP contribution is 2.40. The summed E-state index contributed by atoms with van der Waals surface area (Å²) in [4.78, 5) is 1.05. The summed E-state index contributed by atoms with van der Waals surface area (Å²) in [6.45, 7) is 0. The molecule has 0 radical (unpaired) electrons. The third-order valence-corrected chi connectivity index (χ3v) is 2.45. The van der Waals surface area contributed by atoms with E-state index in [0.29, 0.717) is 0 Å². The second-order valence-electron chi connectivity index (χ2n) is 2.36. The molecule has 1 heterocycles. The van der Waals surface area contributed by atoms with E-state index in [4.69, 9.17) is 5.73 Å². The van der Waals surface area contributed by atoms with Crippen LogP contribution in [0, 0.1) is 0 Å². The van der Waals surface area contributed by atoms with Crippen molar-refractivity contribution < 1.29 is 0 Å². The van der Waals surface area contributed by atoms with E-state index in [-0.39, 0.29) is 0 Å². The van der Waals surface area contributed by atoms with Crippen LogP contribution in [0.5, 0.6) is 0 Å². The van der Waals surface area contributed by atoms with Crippen LogP contribution in [0.2, 0.25) is 0 Å². The van der Waals surface area contributed by atoms with Crippen LogP contribution in [0.3, 0.4) is 0 Å². The van der Waals surface area contributed by atoms with Crippen LogP contribution in [-0.2, 0) is 0 Å². The Balaban J connectivity index is 2.41. The zero-order chi connectivity index (χ0) is 7.03. The maximum atomic E-state index is 5.86. The van der Waals surface area contributed by atoms with E-state index >= 15 is 0 Å². The van der Waals surface area contributed by atoms with Gasteiger partial charge in [-0.05, 0) is 6.08 Å². The molecule has 0 amide bonds. The SMILES string of the molecule is NC12CC=CC=C1SN=N2. The predicted molar refractivity (Wildman–Crippen MR) is 41.2 cm³/mol. The van der Waals surface area contributed by atoms with Gasteiger partial charge in [0, 0.05) is 18.4 Å². The summed E-state index contributed by atoms with van der Waals surface area (Å²) in [6, 6.07) is 0. The molecule has 2 N–H and O–H groups in total. The van der Waals surface area contributed by atoms with Gasteiger partial charge in [-0.25, -0.2) is 0 Å². The minimum absolute atomic E-state index is 0.514. The van der Waals surface area contributed by atoms with Crippen LogP contribution in [-0.4, -0.2) is 5.66 Å². The molecule has 1 aliphatic heterocycles. The first-order valence-electron chi connectivity index (χ1n) is 3.07. The Kier molecular flexibility index (Phi) is 1.18. The molecule has 2 rings (SSSR count). The summed E-state index contributed by atoms with van der Waals surface area (Å²) >= 11 is 1.37. The monoisotopic (exact) mass is 153 g/mol. The average Bonchev–Trinajstić information content (AvgIpc) is 2.29. The van der Waals surface area contributed by atoms with Crippen LogP contribution >= 0.6 is 11.9 Å². The second-order valence-corrected chi connectivity index (χ2v) is 3.15. The lowest BCUT2D eigenvalue weighted by Gasteiger charge is -2.19. The van der Waals surface area contributed by atoms with Gasteiger partial charge in [-0.3, -0.25) is 0 Å². The summed E-state index contributed by atoms with van der Waals surface area (Å²) in [5, 5.41) is 3.94. The molecule has 0 aromatic carbocycles. The van der Waals surface area contributed by atoms with Crippen molar-refractivity contribution in [3.8, 4) is 0 Å². The van der Waals surface area contributed by atoms with Crippen molar-refractivity contribution in [1.82, 2.24) is 0 Å². The number of allylic oxidation sites excluding steroid dienone is 2. The van der Waals surface area contributed by atoms with Crippen molar-refractivity contribution in [2.75, 3.05) is 0 Å². The highest BCUT2D eigenvalue weighted by Gasteiger charge is 2.34. The van der Waals surface area contributed by atoms with E-state index in [2.05, 4.69) is 9.63 Å². The Morgan fingerprint density at radius 3 is 3.40 bits per heavy atom. The van der Waals surface area contributed by atoms with Gasteiger partial charge in [0.2, 0.25) is 0 Å². The third kappa shape index (κ3) is 0.726. The number of fused-ring (bicyclic) bond motifs is 1. The van der Waals surface area contributed by atoms with Crippen LogP contribution in [0.4, 0.5) is 0 Å². The topological polar surface area (TPSA) is 50.7 Å². The molecule has 1 atom stereocenters. The van der Waals surface area contributed by atoms with Crippen molar-refractivity contribution in [2.24, 2.45) is 15.4 Å². The lowest BCUT2D eigenvalue weighted by molar-refractivity contribution is 0.540.